The second-order valence-corrected chi connectivity index (χ2v) is 5.94. The van der Waals surface area contributed by atoms with E-state index in [9.17, 15) is 0 Å². The molecule has 110 valence electrons. The monoisotopic (exact) mass is 282 g/mol. The van der Waals surface area contributed by atoms with Crippen molar-refractivity contribution in [1.29, 1.82) is 0 Å². The van der Waals surface area contributed by atoms with E-state index < -0.39 is 0 Å². The fraction of sp³-hybridized carbons (Fsp3) is 0.368. The van der Waals surface area contributed by atoms with E-state index in [-0.39, 0.29) is 6.10 Å². The molecule has 2 aromatic carbocycles. The Morgan fingerprint density at radius 2 is 1.33 bits per heavy atom. The second-order valence-electron chi connectivity index (χ2n) is 5.94. The SMILES string of the molecule is CCOC1c2cc(C)cc(C)c2Oc2c(C)cc(C)cc21. The minimum absolute atomic E-state index is 0.0362. The van der Waals surface area contributed by atoms with Crippen molar-refractivity contribution in [3.63, 3.8) is 0 Å². The molecule has 0 amide bonds. The Morgan fingerprint density at radius 3 is 1.76 bits per heavy atom. The number of ether oxygens (including phenoxy) is 2. The van der Waals surface area contributed by atoms with Crippen LogP contribution in [0.2, 0.25) is 0 Å². The molecular formula is C19H22O2. The van der Waals surface area contributed by atoms with E-state index in [0.717, 1.165) is 22.6 Å². The van der Waals surface area contributed by atoms with Crippen LogP contribution < -0.4 is 4.74 Å². The Hall–Kier alpha value is -1.80. The van der Waals surface area contributed by atoms with Gasteiger partial charge in [0.1, 0.15) is 17.6 Å². The van der Waals surface area contributed by atoms with Crippen molar-refractivity contribution >= 4 is 0 Å². The summed E-state index contributed by atoms with van der Waals surface area (Å²) in [6.07, 6.45) is -0.0362. The highest BCUT2D eigenvalue weighted by Crippen LogP contribution is 2.48. The summed E-state index contributed by atoms with van der Waals surface area (Å²) in [5.74, 6) is 1.91. The van der Waals surface area contributed by atoms with E-state index in [1.54, 1.807) is 0 Å². The van der Waals surface area contributed by atoms with Crippen LogP contribution in [0, 0.1) is 27.7 Å². The van der Waals surface area contributed by atoms with Gasteiger partial charge in [0, 0.05) is 17.7 Å². The van der Waals surface area contributed by atoms with E-state index in [1.807, 2.05) is 6.92 Å². The van der Waals surface area contributed by atoms with Crippen LogP contribution in [0.5, 0.6) is 11.5 Å². The Balaban J connectivity index is 2.25. The van der Waals surface area contributed by atoms with Gasteiger partial charge >= 0.3 is 0 Å². The summed E-state index contributed by atoms with van der Waals surface area (Å²) in [5.41, 5.74) is 7.11. The van der Waals surface area contributed by atoms with Crippen molar-refractivity contribution < 1.29 is 9.47 Å². The zero-order valence-corrected chi connectivity index (χ0v) is 13.4. The van der Waals surface area contributed by atoms with Gasteiger partial charge in [-0.3, -0.25) is 0 Å². The summed E-state index contributed by atoms with van der Waals surface area (Å²) in [7, 11) is 0. The predicted octanol–water partition coefficient (Wildman–Crippen LogP) is 5.15. The van der Waals surface area contributed by atoms with Crippen LogP contribution >= 0.6 is 0 Å². The van der Waals surface area contributed by atoms with Gasteiger partial charge in [0.2, 0.25) is 0 Å². The van der Waals surface area contributed by atoms with Gasteiger partial charge in [-0.25, -0.2) is 0 Å². The fourth-order valence-electron chi connectivity index (χ4n) is 3.26. The molecule has 0 bridgehead atoms. The van der Waals surface area contributed by atoms with Crippen molar-refractivity contribution in [2.75, 3.05) is 6.61 Å². The van der Waals surface area contributed by atoms with Gasteiger partial charge in [-0.15, -0.1) is 0 Å². The average molecular weight is 282 g/mol. The van der Waals surface area contributed by atoms with Crippen molar-refractivity contribution in [2.24, 2.45) is 0 Å². The van der Waals surface area contributed by atoms with Crippen molar-refractivity contribution in [1.82, 2.24) is 0 Å². The normalized spacial score (nSPS) is 13.6. The minimum atomic E-state index is -0.0362. The molecule has 3 rings (SSSR count). The summed E-state index contributed by atoms with van der Waals surface area (Å²) in [6.45, 7) is 11.2. The minimum Gasteiger partial charge on any atom is -0.456 e. The Labute approximate surface area is 126 Å². The molecule has 0 saturated heterocycles. The summed E-state index contributed by atoms with van der Waals surface area (Å²) in [6, 6.07) is 8.69. The summed E-state index contributed by atoms with van der Waals surface area (Å²) < 4.78 is 12.3. The quantitative estimate of drug-likeness (QED) is 0.758. The van der Waals surface area contributed by atoms with Crippen LogP contribution in [0.3, 0.4) is 0 Å². The molecule has 2 nitrogen and oxygen atoms in total. The number of aryl methyl sites for hydroxylation is 4. The topological polar surface area (TPSA) is 18.5 Å². The van der Waals surface area contributed by atoms with E-state index in [2.05, 4.69) is 52.0 Å². The summed E-state index contributed by atoms with van der Waals surface area (Å²) in [5, 5.41) is 0. The highest BCUT2D eigenvalue weighted by atomic mass is 16.5. The van der Waals surface area contributed by atoms with E-state index >= 15 is 0 Å². The molecule has 0 aromatic heterocycles. The Kier molecular flexibility index (Phi) is 3.50. The molecule has 0 radical (unpaired) electrons. The maximum Gasteiger partial charge on any atom is 0.136 e. The first kappa shape index (κ1) is 14.2. The van der Waals surface area contributed by atoms with Crippen molar-refractivity contribution in [2.45, 2.75) is 40.7 Å². The molecule has 0 saturated carbocycles. The molecule has 1 heterocycles. The first-order valence-electron chi connectivity index (χ1n) is 7.53. The molecule has 0 N–H and O–H groups in total. The number of fused-ring (bicyclic) bond motifs is 2. The first-order chi connectivity index (χ1) is 10.0. The number of hydrogen-bond acceptors (Lipinski definition) is 2. The Bertz CT molecular complexity index is 644. The maximum absolute atomic E-state index is 6.25. The van der Waals surface area contributed by atoms with Crippen LogP contribution in [0.15, 0.2) is 24.3 Å². The summed E-state index contributed by atoms with van der Waals surface area (Å²) >= 11 is 0. The number of benzene rings is 2. The fourth-order valence-corrected chi connectivity index (χ4v) is 3.26. The van der Waals surface area contributed by atoms with Crippen LogP contribution in [-0.4, -0.2) is 6.61 Å². The van der Waals surface area contributed by atoms with E-state index in [4.69, 9.17) is 9.47 Å². The second kappa shape index (κ2) is 5.19. The Morgan fingerprint density at radius 1 is 0.857 bits per heavy atom. The molecular weight excluding hydrogens is 260 g/mol. The lowest BCUT2D eigenvalue weighted by Gasteiger charge is -2.31. The number of hydrogen-bond donors (Lipinski definition) is 0. The molecule has 0 atom stereocenters. The van der Waals surface area contributed by atoms with Crippen LogP contribution in [-0.2, 0) is 4.74 Å². The van der Waals surface area contributed by atoms with Gasteiger partial charge in [-0.2, -0.15) is 0 Å². The predicted molar refractivity (Wildman–Crippen MR) is 85.4 cm³/mol. The molecule has 1 aliphatic rings. The molecule has 21 heavy (non-hydrogen) atoms. The molecule has 0 unspecified atom stereocenters. The largest absolute Gasteiger partial charge is 0.456 e. The van der Waals surface area contributed by atoms with Crippen LogP contribution in [0.25, 0.3) is 0 Å². The van der Waals surface area contributed by atoms with Crippen molar-refractivity contribution in [3.8, 4) is 11.5 Å². The smallest absolute Gasteiger partial charge is 0.136 e. The highest BCUT2D eigenvalue weighted by Gasteiger charge is 2.30. The third kappa shape index (κ3) is 2.34. The zero-order chi connectivity index (χ0) is 15.1. The lowest BCUT2D eigenvalue weighted by atomic mass is 9.91. The van der Waals surface area contributed by atoms with Crippen LogP contribution in [0.4, 0.5) is 0 Å². The van der Waals surface area contributed by atoms with Gasteiger partial charge in [-0.1, -0.05) is 23.3 Å². The lowest BCUT2D eigenvalue weighted by molar-refractivity contribution is 0.0835. The molecule has 2 aromatic rings. The third-order valence-electron chi connectivity index (χ3n) is 4.00. The van der Waals surface area contributed by atoms with Gasteiger partial charge in [0.05, 0.1) is 0 Å². The van der Waals surface area contributed by atoms with Gasteiger partial charge in [0.25, 0.3) is 0 Å². The van der Waals surface area contributed by atoms with Gasteiger partial charge in [-0.05, 0) is 57.9 Å². The number of rotatable bonds is 2. The maximum atomic E-state index is 6.25. The van der Waals surface area contributed by atoms with Crippen molar-refractivity contribution in [3.05, 3.63) is 57.6 Å². The highest BCUT2D eigenvalue weighted by molar-refractivity contribution is 5.59. The molecule has 0 spiro atoms. The zero-order valence-electron chi connectivity index (χ0n) is 13.4. The molecule has 0 aliphatic carbocycles. The van der Waals surface area contributed by atoms with Crippen LogP contribution in [0.1, 0.15) is 46.4 Å². The lowest BCUT2D eigenvalue weighted by Crippen LogP contribution is -2.15. The third-order valence-corrected chi connectivity index (χ3v) is 4.00. The van der Waals surface area contributed by atoms with Gasteiger partial charge in [0.15, 0.2) is 0 Å². The molecule has 0 fully saturated rings. The molecule has 2 heteroatoms. The van der Waals surface area contributed by atoms with E-state index in [0.29, 0.717) is 6.61 Å². The first-order valence-corrected chi connectivity index (χ1v) is 7.53. The molecule has 1 aliphatic heterocycles. The van der Waals surface area contributed by atoms with Gasteiger partial charge < -0.3 is 9.47 Å². The van der Waals surface area contributed by atoms with E-state index in [1.165, 1.54) is 22.3 Å². The standard InChI is InChI=1S/C19H22O2/c1-6-20-19-15-9-11(2)7-13(4)17(15)21-18-14(5)8-12(3)10-16(18)19/h7-10,19H,6H2,1-5H3. The average Bonchev–Trinajstić information content (AvgIpc) is 2.40. The summed E-state index contributed by atoms with van der Waals surface area (Å²) in [4.78, 5) is 0.